The van der Waals surface area contributed by atoms with Crippen LogP contribution < -0.4 is 4.90 Å². The first-order chi connectivity index (χ1) is 14.9. The number of anilines is 1. The van der Waals surface area contributed by atoms with E-state index in [-0.39, 0.29) is 11.0 Å². The van der Waals surface area contributed by atoms with Gasteiger partial charge in [0.2, 0.25) is 0 Å². The van der Waals surface area contributed by atoms with Crippen molar-refractivity contribution >= 4 is 32.3 Å². The number of rotatable bonds is 4. The second kappa shape index (κ2) is 7.78. The first-order valence-corrected chi connectivity index (χ1v) is 12.0. The number of aromatic nitrogens is 2. The molecule has 5 rings (SSSR count). The molecular weight excluding hydrogens is 412 g/mol. The van der Waals surface area contributed by atoms with Gasteiger partial charge in [0.15, 0.2) is 0 Å². The zero-order valence-electron chi connectivity index (χ0n) is 17.5. The number of β-amino-alcohol motifs (C(OH)–C–C–N with tert-alkyl or cyclic N) is 1. The fraction of sp³-hybridized carbons (Fsp3) is 0.348. The Bertz CT molecular complexity index is 1260. The lowest BCUT2D eigenvalue weighted by molar-refractivity contribution is 0.198. The normalized spacial score (nSPS) is 20.4. The number of aliphatic hydroxyl groups is 1. The zero-order chi connectivity index (χ0) is 21.6. The molecule has 0 saturated carbocycles. The predicted molar refractivity (Wildman–Crippen MR) is 122 cm³/mol. The standard InChI is InChI=1S/C23H26N4O3S/c1-25-11-7-17(8-12-25)21-16-27(22-6-3-10-24-23(21)22)31(29,30)20-5-2-4-18(14-20)26-13-9-19(28)15-26/h2-7,10,14,16,19,28H,8-9,11-13,15H2,1H3. The lowest BCUT2D eigenvalue weighted by atomic mass is 10.0. The number of hydrogen-bond donors (Lipinski definition) is 1. The van der Waals surface area contributed by atoms with Gasteiger partial charge in [-0.05, 0) is 55.8 Å². The maximum absolute atomic E-state index is 13.7. The molecule has 0 spiro atoms. The Kier molecular flexibility index (Phi) is 5.08. The van der Waals surface area contributed by atoms with Crippen LogP contribution in [-0.4, -0.2) is 66.7 Å². The summed E-state index contributed by atoms with van der Waals surface area (Å²) in [5.41, 5.74) is 4.12. The average molecular weight is 439 g/mol. The molecule has 7 nitrogen and oxygen atoms in total. The summed E-state index contributed by atoms with van der Waals surface area (Å²) in [4.78, 5) is 9.00. The van der Waals surface area contributed by atoms with Crippen LogP contribution >= 0.6 is 0 Å². The second-order valence-corrected chi connectivity index (χ2v) is 10.2. The van der Waals surface area contributed by atoms with Crippen molar-refractivity contribution in [3.8, 4) is 0 Å². The Morgan fingerprint density at radius 1 is 1.16 bits per heavy atom. The monoisotopic (exact) mass is 438 g/mol. The Labute approximate surface area is 182 Å². The lowest BCUT2D eigenvalue weighted by Gasteiger charge is -2.21. The van der Waals surface area contributed by atoms with Crippen LogP contribution in [0.3, 0.4) is 0 Å². The van der Waals surface area contributed by atoms with Gasteiger partial charge in [-0.3, -0.25) is 4.98 Å². The molecule has 31 heavy (non-hydrogen) atoms. The predicted octanol–water partition coefficient (Wildman–Crippen LogP) is 2.56. The summed E-state index contributed by atoms with van der Waals surface area (Å²) in [6.07, 6.45) is 6.76. The van der Waals surface area contributed by atoms with Crippen LogP contribution in [0.5, 0.6) is 0 Å². The Morgan fingerprint density at radius 2 is 2.03 bits per heavy atom. The number of hydrogen-bond acceptors (Lipinski definition) is 6. The molecule has 1 atom stereocenters. The third-order valence-corrected chi connectivity index (χ3v) is 7.86. The lowest BCUT2D eigenvalue weighted by Crippen LogP contribution is -2.23. The van der Waals surface area contributed by atoms with Crippen molar-refractivity contribution in [2.45, 2.75) is 23.8 Å². The van der Waals surface area contributed by atoms with Crippen LogP contribution in [0.4, 0.5) is 5.69 Å². The molecule has 0 radical (unpaired) electrons. The first kappa shape index (κ1) is 20.2. The maximum atomic E-state index is 13.7. The van der Waals surface area contributed by atoms with Crippen LogP contribution in [0.15, 0.2) is 59.8 Å². The Morgan fingerprint density at radius 3 is 2.77 bits per heavy atom. The summed E-state index contributed by atoms with van der Waals surface area (Å²) < 4.78 is 28.7. The molecule has 0 amide bonds. The molecule has 0 bridgehead atoms. The quantitative estimate of drug-likeness (QED) is 0.675. The molecule has 1 aromatic carbocycles. The van der Waals surface area contributed by atoms with Gasteiger partial charge < -0.3 is 14.9 Å². The fourth-order valence-corrected chi connectivity index (χ4v) is 5.81. The van der Waals surface area contributed by atoms with Gasteiger partial charge in [0, 0.05) is 49.8 Å². The summed E-state index contributed by atoms with van der Waals surface area (Å²) >= 11 is 0. The van der Waals surface area contributed by atoms with E-state index in [0.717, 1.165) is 36.3 Å². The third kappa shape index (κ3) is 3.64. The number of fused-ring (bicyclic) bond motifs is 1. The highest BCUT2D eigenvalue weighted by Crippen LogP contribution is 2.32. The molecular formula is C23H26N4O3S. The highest BCUT2D eigenvalue weighted by atomic mass is 32.2. The Balaban J connectivity index is 1.59. The third-order valence-electron chi connectivity index (χ3n) is 6.19. The minimum Gasteiger partial charge on any atom is -0.391 e. The summed E-state index contributed by atoms with van der Waals surface area (Å²) in [5, 5.41) is 9.85. The summed E-state index contributed by atoms with van der Waals surface area (Å²) in [6, 6.07) is 10.5. The molecule has 2 aromatic heterocycles. The van der Waals surface area contributed by atoms with Crippen molar-refractivity contribution < 1.29 is 13.5 Å². The van der Waals surface area contributed by atoms with Crippen molar-refractivity contribution in [1.82, 2.24) is 13.9 Å². The largest absolute Gasteiger partial charge is 0.391 e. The van der Waals surface area contributed by atoms with Gasteiger partial charge in [0.1, 0.15) is 0 Å². The molecule has 3 aromatic rings. The number of aliphatic hydroxyl groups excluding tert-OH is 1. The molecule has 4 heterocycles. The SMILES string of the molecule is CN1CC=C(c2cn(S(=O)(=O)c3cccc(N4CCC(O)C4)c3)c3cccnc23)CC1. The zero-order valence-corrected chi connectivity index (χ0v) is 18.3. The maximum Gasteiger partial charge on any atom is 0.268 e. The molecule has 162 valence electrons. The molecule has 1 unspecified atom stereocenters. The second-order valence-electron chi connectivity index (χ2n) is 8.34. The van der Waals surface area contributed by atoms with Gasteiger partial charge in [0.05, 0.1) is 22.0 Å². The van der Waals surface area contributed by atoms with E-state index in [4.69, 9.17) is 0 Å². The molecule has 2 aliphatic heterocycles. The van der Waals surface area contributed by atoms with Crippen LogP contribution in [0.25, 0.3) is 16.6 Å². The van der Waals surface area contributed by atoms with E-state index in [1.165, 1.54) is 3.97 Å². The minimum atomic E-state index is -3.81. The number of likely N-dealkylation sites (N-methyl/N-ethyl adjacent to an activating group) is 1. The van der Waals surface area contributed by atoms with E-state index in [0.29, 0.717) is 30.5 Å². The van der Waals surface area contributed by atoms with Crippen molar-refractivity contribution in [1.29, 1.82) is 0 Å². The van der Waals surface area contributed by atoms with E-state index in [1.807, 2.05) is 11.0 Å². The number of pyridine rings is 1. The smallest absolute Gasteiger partial charge is 0.268 e. The van der Waals surface area contributed by atoms with Gasteiger partial charge in [-0.2, -0.15) is 0 Å². The molecule has 0 aliphatic carbocycles. The van der Waals surface area contributed by atoms with Crippen molar-refractivity contribution in [2.24, 2.45) is 0 Å². The van der Waals surface area contributed by atoms with Gasteiger partial charge in [-0.1, -0.05) is 12.1 Å². The van der Waals surface area contributed by atoms with Gasteiger partial charge in [0.25, 0.3) is 10.0 Å². The summed E-state index contributed by atoms with van der Waals surface area (Å²) in [6.45, 7) is 3.01. The minimum absolute atomic E-state index is 0.232. The van der Waals surface area contributed by atoms with Crippen LogP contribution in [0.1, 0.15) is 18.4 Å². The summed E-state index contributed by atoms with van der Waals surface area (Å²) in [5.74, 6) is 0. The summed E-state index contributed by atoms with van der Waals surface area (Å²) in [7, 11) is -1.73. The van der Waals surface area contributed by atoms with Gasteiger partial charge in [-0.15, -0.1) is 0 Å². The van der Waals surface area contributed by atoms with Crippen molar-refractivity contribution in [2.75, 3.05) is 38.1 Å². The van der Waals surface area contributed by atoms with E-state index >= 15 is 0 Å². The van der Waals surface area contributed by atoms with Crippen LogP contribution in [0.2, 0.25) is 0 Å². The van der Waals surface area contributed by atoms with Crippen molar-refractivity contribution in [3.05, 3.63) is 60.4 Å². The van der Waals surface area contributed by atoms with E-state index in [2.05, 4.69) is 23.0 Å². The average Bonchev–Trinajstić information content (AvgIpc) is 3.39. The van der Waals surface area contributed by atoms with E-state index in [1.54, 1.807) is 42.7 Å². The fourth-order valence-electron chi connectivity index (χ4n) is 4.41. The number of nitrogens with zero attached hydrogens (tertiary/aromatic N) is 4. The van der Waals surface area contributed by atoms with Crippen molar-refractivity contribution in [3.63, 3.8) is 0 Å². The Hall–Kier alpha value is -2.68. The topological polar surface area (TPSA) is 78.7 Å². The molecule has 1 fully saturated rings. The molecule has 2 aliphatic rings. The van der Waals surface area contributed by atoms with E-state index in [9.17, 15) is 13.5 Å². The molecule has 1 N–H and O–H groups in total. The highest BCUT2D eigenvalue weighted by molar-refractivity contribution is 7.90. The number of benzene rings is 1. The molecule has 1 saturated heterocycles. The van der Waals surface area contributed by atoms with Crippen LogP contribution in [-0.2, 0) is 10.0 Å². The first-order valence-electron chi connectivity index (χ1n) is 10.6. The van der Waals surface area contributed by atoms with Crippen LogP contribution in [0, 0.1) is 0 Å². The molecule has 8 heteroatoms. The highest BCUT2D eigenvalue weighted by Gasteiger charge is 2.26. The van der Waals surface area contributed by atoms with Gasteiger partial charge >= 0.3 is 0 Å². The van der Waals surface area contributed by atoms with Gasteiger partial charge in [-0.25, -0.2) is 12.4 Å². The van der Waals surface area contributed by atoms with E-state index < -0.39 is 10.0 Å².